The van der Waals surface area contributed by atoms with E-state index in [9.17, 15) is 9.18 Å². The third-order valence-electron chi connectivity index (χ3n) is 7.02. The summed E-state index contributed by atoms with van der Waals surface area (Å²) in [6.45, 7) is 7.49. The molecule has 1 saturated carbocycles. The monoisotopic (exact) mass is 428 g/mol. The minimum absolute atomic E-state index is 0.179. The fraction of sp³-hybridized carbons (Fsp3) is 0.591. The number of H-pyrrole nitrogens is 1. The largest absolute Gasteiger partial charge is 0.450 e. The Morgan fingerprint density at radius 3 is 2.84 bits per heavy atom. The number of anilines is 1. The first-order chi connectivity index (χ1) is 15.1. The van der Waals surface area contributed by atoms with Crippen LogP contribution in [0, 0.1) is 11.2 Å². The van der Waals surface area contributed by atoms with E-state index in [1.807, 2.05) is 17.9 Å². The van der Waals surface area contributed by atoms with E-state index in [1.165, 1.54) is 19.0 Å². The van der Waals surface area contributed by atoms with Crippen molar-refractivity contribution >= 4 is 11.8 Å². The zero-order valence-corrected chi connectivity index (χ0v) is 17.9. The molecule has 3 fully saturated rings. The van der Waals surface area contributed by atoms with Gasteiger partial charge in [0.15, 0.2) is 0 Å². The Labute approximate surface area is 181 Å². The Balaban J connectivity index is 1.19. The second kappa shape index (κ2) is 8.11. The summed E-state index contributed by atoms with van der Waals surface area (Å²) < 4.78 is 19.1. The summed E-state index contributed by atoms with van der Waals surface area (Å²) in [6.07, 6.45) is 6.25. The zero-order chi connectivity index (χ0) is 21.4. The van der Waals surface area contributed by atoms with E-state index >= 15 is 0 Å². The number of aromatic amines is 1. The van der Waals surface area contributed by atoms with E-state index in [-0.39, 0.29) is 17.3 Å². The number of hydrogen-bond acceptors (Lipinski definition) is 6. The van der Waals surface area contributed by atoms with Crippen LogP contribution in [0.15, 0.2) is 24.5 Å². The lowest BCUT2D eigenvalue weighted by Crippen LogP contribution is -2.58. The summed E-state index contributed by atoms with van der Waals surface area (Å²) in [5.74, 6) is -0.324. The molecular weight excluding hydrogens is 399 g/mol. The third-order valence-corrected chi connectivity index (χ3v) is 7.02. The number of amides is 1. The molecule has 1 amide bonds. The number of nitrogens with zero attached hydrogens (tertiary/aromatic N) is 5. The fourth-order valence-corrected chi connectivity index (χ4v) is 5.48. The highest BCUT2D eigenvalue weighted by molar-refractivity contribution is 5.72. The van der Waals surface area contributed by atoms with E-state index in [0.717, 1.165) is 62.8 Å². The lowest BCUT2D eigenvalue weighted by atomic mass is 9.78. The summed E-state index contributed by atoms with van der Waals surface area (Å²) in [7, 11) is 0. The van der Waals surface area contributed by atoms with Crippen LogP contribution < -0.4 is 4.90 Å². The van der Waals surface area contributed by atoms with Crippen LogP contribution in [0.1, 0.15) is 26.2 Å². The van der Waals surface area contributed by atoms with E-state index in [1.54, 1.807) is 12.3 Å². The summed E-state index contributed by atoms with van der Waals surface area (Å²) >= 11 is 0. The molecule has 8 nitrogen and oxygen atoms in total. The molecule has 166 valence electrons. The van der Waals surface area contributed by atoms with Crippen molar-refractivity contribution in [3.05, 3.63) is 30.3 Å². The summed E-state index contributed by atoms with van der Waals surface area (Å²) in [6, 6.07) is 3.99. The van der Waals surface area contributed by atoms with E-state index in [0.29, 0.717) is 12.6 Å². The lowest BCUT2D eigenvalue weighted by molar-refractivity contribution is -0.00294. The molecule has 0 bridgehead atoms. The molecule has 2 aromatic heterocycles. The van der Waals surface area contributed by atoms with Gasteiger partial charge in [0, 0.05) is 63.0 Å². The minimum atomic E-state index is -0.324. The second-order valence-corrected chi connectivity index (χ2v) is 8.97. The Morgan fingerprint density at radius 2 is 2.13 bits per heavy atom. The van der Waals surface area contributed by atoms with Gasteiger partial charge >= 0.3 is 6.09 Å². The average Bonchev–Trinajstić information content (AvgIpc) is 3.43. The number of halogens is 1. The number of pyridine rings is 1. The van der Waals surface area contributed by atoms with Gasteiger partial charge in [-0.3, -0.25) is 10.00 Å². The number of carbonyl (C=O) groups is 1. The van der Waals surface area contributed by atoms with Gasteiger partial charge in [-0.05, 0) is 32.3 Å². The number of nitrogens with one attached hydrogen (secondary N) is 1. The summed E-state index contributed by atoms with van der Waals surface area (Å²) in [4.78, 5) is 22.8. The van der Waals surface area contributed by atoms with Crippen molar-refractivity contribution in [2.45, 2.75) is 32.2 Å². The minimum Gasteiger partial charge on any atom is -0.450 e. The molecule has 3 aliphatic rings. The molecule has 1 spiro atoms. The average molecular weight is 429 g/mol. The van der Waals surface area contributed by atoms with Crippen LogP contribution >= 0.6 is 0 Å². The van der Waals surface area contributed by atoms with Gasteiger partial charge in [-0.2, -0.15) is 5.10 Å². The Bertz CT molecular complexity index is 922. The number of ether oxygens (including phenoxy) is 1. The van der Waals surface area contributed by atoms with Crippen molar-refractivity contribution in [3.63, 3.8) is 0 Å². The molecule has 2 aliphatic heterocycles. The van der Waals surface area contributed by atoms with Crippen molar-refractivity contribution in [2.75, 3.05) is 50.8 Å². The maximum atomic E-state index is 14.0. The number of carbonyl (C=O) groups excluding carboxylic acids is 1. The topological polar surface area (TPSA) is 77.6 Å². The van der Waals surface area contributed by atoms with Crippen LogP contribution in [-0.2, 0) is 4.74 Å². The van der Waals surface area contributed by atoms with E-state index in [4.69, 9.17) is 4.74 Å². The molecular formula is C22H29FN6O2. The molecule has 4 heterocycles. The predicted octanol–water partition coefficient (Wildman–Crippen LogP) is 2.74. The molecule has 9 heteroatoms. The van der Waals surface area contributed by atoms with Gasteiger partial charge < -0.3 is 14.5 Å². The first-order valence-electron chi connectivity index (χ1n) is 11.1. The van der Waals surface area contributed by atoms with E-state index in [2.05, 4.69) is 25.0 Å². The van der Waals surface area contributed by atoms with Crippen molar-refractivity contribution in [1.29, 1.82) is 0 Å². The molecule has 1 N–H and O–H groups in total. The highest BCUT2D eigenvalue weighted by Crippen LogP contribution is 2.47. The number of rotatable bonds is 4. The Hall–Kier alpha value is -2.68. The van der Waals surface area contributed by atoms with Crippen molar-refractivity contribution < 1.29 is 13.9 Å². The van der Waals surface area contributed by atoms with Crippen molar-refractivity contribution in [1.82, 2.24) is 25.0 Å². The van der Waals surface area contributed by atoms with Crippen molar-refractivity contribution in [3.8, 4) is 11.4 Å². The zero-order valence-electron chi connectivity index (χ0n) is 17.9. The lowest BCUT2D eigenvalue weighted by Gasteiger charge is -2.48. The SMILES string of the molecule is CCOC(=O)N1CC2(CC[C@@H](N3CCN(c4cc(F)cnc4-c4ccn[nH]4)CC3)C2)C1. The van der Waals surface area contributed by atoms with Gasteiger partial charge in [0.05, 0.1) is 24.2 Å². The van der Waals surface area contributed by atoms with Crippen molar-refractivity contribution in [2.24, 2.45) is 5.41 Å². The maximum absolute atomic E-state index is 14.0. The second-order valence-electron chi connectivity index (χ2n) is 8.97. The standard InChI is InChI=1S/C22H29FN6O2/c1-2-31-21(30)29-14-22(15-29)5-3-17(12-22)27-7-9-28(10-8-27)19-11-16(23)13-24-20(19)18-4-6-25-26-18/h4,6,11,13,17H,2-3,5,7-10,12,14-15H2,1H3,(H,25,26)/t17-/m1/s1. The molecule has 1 atom stereocenters. The Morgan fingerprint density at radius 1 is 1.32 bits per heavy atom. The smallest absolute Gasteiger partial charge is 0.409 e. The van der Waals surface area contributed by atoms with Gasteiger partial charge in [0.2, 0.25) is 0 Å². The molecule has 31 heavy (non-hydrogen) atoms. The third kappa shape index (κ3) is 3.86. The van der Waals surface area contributed by atoms with Crippen LogP contribution in [0.25, 0.3) is 11.4 Å². The normalized spacial score (nSPS) is 23.2. The molecule has 5 rings (SSSR count). The van der Waals surface area contributed by atoms with Crippen LogP contribution in [-0.4, -0.2) is 83.0 Å². The van der Waals surface area contributed by atoms with Crippen LogP contribution in [0.3, 0.4) is 0 Å². The molecule has 2 aromatic rings. The number of piperazine rings is 1. The number of aromatic nitrogens is 3. The van der Waals surface area contributed by atoms with E-state index < -0.39 is 0 Å². The number of likely N-dealkylation sites (tertiary alicyclic amines) is 1. The summed E-state index contributed by atoms with van der Waals surface area (Å²) in [5, 5.41) is 6.95. The molecule has 2 saturated heterocycles. The highest BCUT2D eigenvalue weighted by atomic mass is 19.1. The van der Waals surface area contributed by atoms with Gasteiger partial charge in [-0.1, -0.05) is 0 Å². The summed E-state index contributed by atoms with van der Waals surface area (Å²) in [5.41, 5.74) is 2.62. The van der Waals surface area contributed by atoms with Crippen LogP contribution in [0.2, 0.25) is 0 Å². The first-order valence-corrected chi connectivity index (χ1v) is 11.1. The molecule has 1 aliphatic carbocycles. The first kappa shape index (κ1) is 20.2. The van der Waals surface area contributed by atoms with Gasteiger partial charge in [0.1, 0.15) is 11.5 Å². The van der Waals surface area contributed by atoms with Gasteiger partial charge in [-0.25, -0.2) is 14.2 Å². The van der Waals surface area contributed by atoms with Gasteiger partial charge in [-0.15, -0.1) is 0 Å². The molecule has 0 unspecified atom stereocenters. The van der Waals surface area contributed by atoms with Crippen LogP contribution in [0.4, 0.5) is 14.9 Å². The van der Waals surface area contributed by atoms with Crippen LogP contribution in [0.5, 0.6) is 0 Å². The quantitative estimate of drug-likeness (QED) is 0.807. The predicted molar refractivity (Wildman–Crippen MR) is 114 cm³/mol. The number of hydrogen-bond donors (Lipinski definition) is 1. The maximum Gasteiger partial charge on any atom is 0.409 e. The molecule has 0 radical (unpaired) electrons. The van der Waals surface area contributed by atoms with Gasteiger partial charge in [0.25, 0.3) is 0 Å². The highest BCUT2D eigenvalue weighted by Gasteiger charge is 2.51. The Kier molecular flexibility index (Phi) is 5.29. The molecule has 0 aromatic carbocycles. The fourth-order valence-electron chi connectivity index (χ4n) is 5.48.